The average molecular weight is 531 g/mol. The summed E-state index contributed by atoms with van der Waals surface area (Å²) in [5.41, 5.74) is 6.17. The summed E-state index contributed by atoms with van der Waals surface area (Å²) in [6.45, 7) is 4.29. The van der Waals surface area contributed by atoms with Gasteiger partial charge in [0.25, 0.3) is 0 Å². The summed E-state index contributed by atoms with van der Waals surface area (Å²) in [4.78, 5) is 11.9. The summed E-state index contributed by atoms with van der Waals surface area (Å²) >= 11 is 5.82. The van der Waals surface area contributed by atoms with Crippen molar-refractivity contribution in [3.8, 4) is 16.8 Å². The molecule has 7 nitrogen and oxygen atoms in total. The van der Waals surface area contributed by atoms with E-state index in [1.807, 2.05) is 61.0 Å². The zero-order chi connectivity index (χ0) is 25.0. The van der Waals surface area contributed by atoms with Gasteiger partial charge in [0.05, 0.1) is 16.3 Å². The van der Waals surface area contributed by atoms with E-state index in [0.717, 1.165) is 33.8 Å². The van der Waals surface area contributed by atoms with Gasteiger partial charge in [-0.2, -0.15) is 5.10 Å². The molecule has 4 rings (SSSR count). The standard InChI is InChI=1S/C26H25ClN4O3S.Na/c1-18-25(21-7-4-3-5-8-21)19(2)31(29-18)23-13-11-20(12-14-23)15-16-28-26(32)30-35(33,34)24-10-6-9-22(27)17-24;/h3-14,17H,15-16H2,1-2H3,(H2,28,30,32);/q;+1/p-1. The molecular formula is C26H24ClN4NaO3S. The molecule has 0 saturated heterocycles. The van der Waals surface area contributed by atoms with Gasteiger partial charge in [0.1, 0.15) is 0 Å². The molecule has 0 aliphatic heterocycles. The summed E-state index contributed by atoms with van der Waals surface area (Å²) in [6.07, 6.45) is 0.519. The Bertz CT molecular complexity index is 1460. The molecule has 0 aliphatic carbocycles. The quantitative estimate of drug-likeness (QED) is 0.372. The van der Waals surface area contributed by atoms with Crippen LogP contribution in [0.3, 0.4) is 0 Å². The molecule has 0 fully saturated rings. The van der Waals surface area contributed by atoms with Crippen LogP contribution >= 0.6 is 11.6 Å². The molecule has 0 unspecified atom stereocenters. The number of benzene rings is 3. The SMILES string of the molecule is Cc1nn(-c2ccc(CCNC(=O)[N-]S(=O)(=O)c3cccc(Cl)c3)cc2)c(C)c1-c1ccccc1.[Na+]. The third-order valence-electron chi connectivity index (χ3n) is 5.52. The number of carbonyl (C=O) groups excluding carboxylic acids is 1. The van der Waals surface area contributed by atoms with E-state index >= 15 is 0 Å². The van der Waals surface area contributed by atoms with Crippen molar-refractivity contribution in [2.24, 2.45) is 0 Å². The number of carbonyl (C=O) groups is 1. The van der Waals surface area contributed by atoms with E-state index in [9.17, 15) is 13.2 Å². The fourth-order valence-electron chi connectivity index (χ4n) is 3.86. The van der Waals surface area contributed by atoms with Crippen LogP contribution in [0, 0.1) is 13.8 Å². The van der Waals surface area contributed by atoms with E-state index in [0.29, 0.717) is 6.42 Å². The van der Waals surface area contributed by atoms with Gasteiger partial charge in [-0.05, 0) is 68.3 Å². The van der Waals surface area contributed by atoms with E-state index in [4.69, 9.17) is 16.7 Å². The van der Waals surface area contributed by atoms with Crippen LogP contribution in [0.4, 0.5) is 4.79 Å². The molecule has 180 valence electrons. The van der Waals surface area contributed by atoms with Crippen molar-refractivity contribution in [2.45, 2.75) is 25.2 Å². The zero-order valence-corrected chi connectivity index (χ0v) is 23.8. The molecule has 1 aromatic heterocycles. The molecule has 0 saturated carbocycles. The molecule has 0 spiro atoms. The van der Waals surface area contributed by atoms with E-state index in [-0.39, 0.29) is 46.0 Å². The van der Waals surface area contributed by atoms with E-state index in [1.165, 1.54) is 18.2 Å². The van der Waals surface area contributed by atoms with Gasteiger partial charge in [0.2, 0.25) is 10.0 Å². The Balaban J connectivity index is 0.00000361. The van der Waals surface area contributed by atoms with Crippen molar-refractivity contribution in [2.75, 3.05) is 6.54 Å². The number of halogens is 1. The molecule has 10 heteroatoms. The van der Waals surface area contributed by atoms with Crippen LogP contribution in [0.5, 0.6) is 0 Å². The Morgan fingerprint density at radius 1 is 1.00 bits per heavy atom. The fraction of sp³-hybridized carbons (Fsp3) is 0.154. The van der Waals surface area contributed by atoms with Gasteiger partial charge < -0.3 is 10.0 Å². The topological polar surface area (TPSA) is 95.2 Å². The van der Waals surface area contributed by atoms with Gasteiger partial charge in [-0.1, -0.05) is 60.1 Å². The first kappa shape index (κ1) is 28.0. The van der Waals surface area contributed by atoms with Crippen LogP contribution in [0.15, 0.2) is 83.8 Å². The van der Waals surface area contributed by atoms with Crippen molar-refractivity contribution < 1.29 is 42.8 Å². The summed E-state index contributed by atoms with van der Waals surface area (Å²) < 4.78 is 29.7. The van der Waals surface area contributed by atoms with Crippen molar-refractivity contribution >= 4 is 27.7 Å². The number of urea groups is 1. The third kappa shape index (κ3) is 6.57. The average Bonchev–Trinajstić information content (AvgIpc) is 3.13. The summed E-state index contributed by atoms with van der Waals surface area (Å²) in [7, 11) is -4.12. The maximum atomic E-state index is 12.2. The minimum atomic E-state index is -4.12. The molecule has 36 heavy (non-hydrogen) atoms. The molecular weight excluding hydrogens is 507 g/mol. The number of nitrogens with zero attached hydrogens (tertiary/aromatic N) is 3. The molecule has 0 bridgehead atoms. The summed E-state index contributed by atoms with van der Waals surface area (Å²) in [5.74, 6) is 0. The van der Waals surface area contributed by atoms with Crippen LogP contribution < -0.4 is 34.9 Å². The molecule has 1 N–H and O–H groups in total. The predicted molar refractivity (Wildman–Crippen MR) is 138 cm³/mol. The smallest absolute Gasteiger partial charge is 0.448 e. The van der Waals surface area contributed by atoms with Gasteiger partial charge in [0.15, 0.2) is 6.03 Å². The van der Waals surface area contributed by atoms with Crippen molar-refractivity contribution in [3.63, 3.8) is 0 Å². The van der Waals surface area contributed by atoms with Crippen LogP contribution in [0.25, 0.3) is 21.5 Å². The van der Waals surface area contributed by atoms with Gasteiger partial charge >= 0.3 is 29.6 Å². The second-order valence-corrected chi connectivity index (χ2v) is 10.0. The van der Waals surface area contributed by atoms with E-state index in [1.54, 1.807) is 6.07 Å². The number of aromatic nitrogens is 2. The number of amides is 2. The molecule has 0 atom stereocenters. The fourth-order valence-corrected chi connectivity index (χ4v) is 5.03. The maximum Gasteiger partial charge on any atom is 1.00 e. The molecule has 2 amide bonds. The Hall–Kier alpha value is -2.62. The van der Waals surface area contributed by atoms with Gasteiger partial charge in [0, 0.05) is 16.3 Å². The van der Waals surface area contributed by atoms with Gasteiger partial charge in [-0.25, -0.2) is 13.1 Å². The number of hydrogen-bond acceptors (Lipinski definition) is 4. The van der Waals surface area contributed by atoms with Crippen LogP contribution in [0.1, 0.15) is 17.0 Å². The molecule has 3 aromatic carbocycles. The number of aryl methyl sites for hydroxylation is 1. The van der Waals surface area contributed by atoms with Gasteiger partial charge in [-0.3, -0.25) is 4.79 Å². The zero-order valence-electron chi connectivity index (χ0n) is 20.3. The summed E-state index contributed by atoms with van der Waals surface area (Å²) in [5, 5.41) is 7.49. The second kappa shape index (κ2) is 12.1. The maximum absolute atomic E-state index is 12.2. The Morgan fingerprint density at radius 2 is 1.69 bits per heavy atom. The van der Waals surface area contributed by atoms with Crippen molar-refractivity contribution in [1.82, 2.24) is 15.1 Å². The minimum Gasteiger partial charge on any atom is -0.448 e. The van der Waals surface area contributed by atoms with Crippen molar-refractivity contribution in [1.29, 1.82) is 0 Å². The number of nitrogens with one attached hydrogen (secondary N) is 1. The number of rotatable bonds is 7. The Morgan fingerprint density at radius 3 is 2.36 bits per heavy atom. The Labute approximate surface area is 238 Å². The number of sulfonamides is 1. The van der Waals surface area contributed by atoms with E-state index < -0.39 is 16.1 Å². The normalized spacial score (nSPS) is 11.0. The molecule has 1 heterocycles. The van der Waals surface area contributed by atoms with E-state index in [2.05, 4.69) is 22.2 Å². The first-order valence-electron chi connectivity index (χ1n) is 11.0. The number of hydrogen-bond donors (Lipinski definition) is 1. The Kier molecular flexibility index (Phi) is 9.38. The third-order valence-corrected chi connectivity index (χ3v) is 7.01. The monoisotopic (exact) mass is 530 g/mol. The minimum absolute atomic E-state index is 0. The van der Waals surface area contributed by atoms with Crippen LogP contribution in [-0.2, 0) is 16.4 Å². The van der Waals surface area contributed by atoms with Crippen molar-refractivity contribution in [3.05, 3.63) is 106 Å². The van der Waals surface area contributed by atoms with Crippen LogP contribution in [0.2, 0.25) is 5.02 Å². The largest absolute Gasteiger partial charge is 1.00 e. The molecule has 4 aromatic rings. The first-order valence-corrected chi connectivity index (χ1v) is 12.8. The van der Waals surface area contributed by atoms with Crippen LogP contribution in [-0.4, -0.2) is 30.8 Å². The first-order chi connectivity index (χ1) is 16.7. The van der Waals surface area contributed by atoms with Gasteiger partial charge in [-0.15, -0.1) is 0 Å². The second-order valence-electron chi connectivity index (χ2n) is 8.00. The molecule has 0 aliphatic rings. The summed E-state index contributed by atoms with van der Waals surface area (Å²) in [6, 6.07) is 22.7. The molecule has 0 radical (unpaired) electrons. The predicted octanol–water partition coefficient (Wildman–Crippen LogP) is 2.83.